The van der Waals surface area contributed by atoms with Gasteiger partial charge >= 0.3 is 0 Å². The number of hydrogen-bond donors (Lipinski definition) is 0. The maximum absolute atomic E-state index is 5.09. The molecule has 7 aromatic rings. The Morgan fingerprint density at radius 2 is 1.29 bits per heavy atom. The van der Waals surface area contributed by atoms with Crippen LogP contribution in [0.15, 0.2) is 152 Å². The van der Waals surface area contributed by atoms with Crippen molar-refractivity contribution in [3.8, 4) is 28.3 Å². The molecule has 1 aliphatic carbocycles. The summed E-state index contributed by atoms with van der Waals surface area (Å²) in [6, 6.07) is 47.0. The normalized spacial score (nSPS) is 18.4. The van der Waals surface area contributed by atoms with Gasteiger partial charge in [-0.1, -0.05) is 104 Å². The highest BCUT2D eigenvalue weighted by molar-refractivity contribution is 5.94. The Kier molecular flexibility index (Phi) is 5.66. The van der Waals surface area contributed by atoms with Crippen molar-refractivity contribution in [2.24, 2.45) is 5.41 Å². The highest BCUT2D eigenvalue weighted by atomic mass is 15.2. The number of benzene rings is 5. The van der Waals surface area contributed by atoms with Gasteiger partial charge in [-0.2, -0.15) is 0 Å². The Morgan fingerprint density at radius 3 is 2.09 bits per heavy atom. The lowest BCUT2D eigenvalue weighted by molar-refractivity contribution is 0.454. The van der Waals surface area contributed by atoms with Crippen LogP contribution in [-0.2, 0) is 0 Å². The predicted octanol–water partition coefficient (Wildman–Crippen LogP) is 10.0. The van der Waals surface area contributed by atoms with Gasteiger partial charge in [0.05, 0.1) is 28.5 Å². The molecule has 0 fully saturated rings. The Morgan fingerprint density at radius 1 is 0.600 bits per heavy atom. The SMILES string of the molecule is CC12C=Cc3c(c4ccccc4n3-c3ccc(-c4nc(-c5ccccc5)c5ccccc5n4)cc3)C1N(c1ccccc1)C=C2. The third-order valence-electron chi connectivity index (χ3n) is 9.38. The first-order valence-electron chi connectivity index (χ1n) is 15.5. The molecule has 45 heavy (non-hydrogen) atoms. The Bertz CT molecular complexity index is 2280. The first kappa shape index (κ1) is 25.7. The van der Waals surface area contributed by atoms with Crippen molar-refractivity contribution in [2.75, 3.05) is 4.90 Å². The molecule has 0 spiro atoms. The Balaban J connectivity index is 1.18. The fourth-order valence-electron chi connectivity index (χ4n) is 7.20. The second-order valence-corrected chi connectivity index (χ2v) is 12.1. The van der Waals surface area contributed by atoms with E-state index in [0.717, 1.165) is 39.2 Å². The van der Waals surface area contributed by atoms with Gasteiger partial charge in [0.2, 0.25) is 0 Å². The number of nitrogens with zero attached hydrogens (tertiary/aromatic N) is 4. The van der Waals surface area contributed by atoms with Crippen molar-refractivity contribution in [2.45, 2.75) is 13.0 Å². The molecule has 2 unspecified atom stereocenters. The largest absolute Gasteiger partial charge is 0.339 e. The van der Waals surface area contributed by atoms with Gasteiger partial charge in [-0.25, -0.2) is 9.97 Å². The molecule has 2 aliphatic rings. The fourth-order valence-corrected chi connectivity index (χ4v) is 7.20. The van der Waals surface area contributed by atoms with Crippen LogP contribution in [-0.4, -0.2) is 14.5 Å². The second kappa shape index (κ2) is 9.90. The molecule has 4 heteroatoms. The molecule has 3 heterocycles. The number of fused-ring (bicyclic) bond motifs is 6. The zero-order valence-corrected chi connectivity index (χ0v) is 24.9. The lowest BCUT2D eigenvalue weighted by Crippen LogP contribution is -2.31. The third kappa shape index (κ3) is 3.99. The topological polar surface area (TPSA) is 34.0 Å². The van der Waals surface area contributed by atoms with Gasteiger partial charge in [-0.15, -0.1) is 0 Å². The predicted molar refractivity (Wildman–Crippen MR) is 185 cm³/mol. The quantitative estimate of drug-likeness (QED) is 0.208. The summed E-state index contributed by atoms with van der Waals surface area (Å²) in [4.78, 5) is 12.5. The summed E-state index contributed by atoms with van der Waals surface area (Å²) >= 11 is 0. The zero-order valence-electron chi connectivity index (χ0n) is 24.9. The van der Waals surface area contributed by atoms with Crippen molar-refractivity contribution in [3.63, 3.8) is 0 Å². The Labute approximate surface area is 262 Å². The van der Waals surface area contributed by atoms with Gasteiger partial charge < -0.3 is 9.47 Å². The molecule has 0 bridgehead atoms. The standard InChI is InChI=1S/C41H30N4/c1-41-25-24-36-37(39(41)44(27-26-41)30-14-6-3-7-15-30)33-17-9-11-19-35(33)45(36)31-22-20-29(21-23-31)40-42-34-18-10-8-16-32(34)38(43-40)28-12-4-2-5-13-28/h2-27,39H,1H3. The van der Waals surface area contributed by atoms with Gasteiger partial charge in [0.25, 0.3) is 0 Å². The maximum Gasteiger partial charge on any atom is 0.160 e. The molecule has 0 saturated heterocycles. The number of para-hydroxylation sites is 3. The second-order valence-electron chi connectivity index (χ2n) is 12.1. The molecular weight excluding hydrogens is 548 g/mol. The van der Waals surface area contributed by atoms with Crippen LogP contribution in [0.2, 0.25) is 0 Å². The first-order chi connectivity index (χ1) is 22.2. The minimum Gasteiger partial charge on any atom is -0.339 e. The number of aromatic nitrogens is 3. The average molecular weight is 579 g/mol. The smallest absolute Gasteiger partial charge is 0.160 e. The van der Waals surface area contributed by atoms with Gasteiger partial charge in [0, 0.05) is 50.5 Å². The van der Waals surface area contributed by atoms with Crippen molar-refractivity contribution < 1.29 is 0 Å². The molecule has 2 atom stereocenters. The van der Waals surface area contributed by atoms with Gasteiger partial charge in [-0.05, 0) is 54.6 Å². The van der Waals surface area contributed by atoms with Crippen LogP contribution in [0, 0.1) is 5.41 Å². The molecule has 0 saturated carbocycles. The monoisotopic (exact) mass is 578 g/mol. The zero-order chi connectivity index (χ0) is 30.0. The molecule has 9 rings (SSSR count). The summed E-state index contributed by atoms with van der Waals surface area (Å²) in [5.41, 5.74) is 9.98. The number of hydrogen-bond acceptors (Lipinski definition) is 3. The summed E-state index contributed by atoms with van der Waals surface area (Å²) < 4.78 is 2.41. The van der Waals surface area contributed by atoms with Crippen LogP contribution in [0.4, 0.5) is 5.69 Å². The molecule has 5 aromatic carbocycles. The molecule has 0 N–H and O–H groups in total. The lowest BCUT2D eigenvalue weighted by atomic mass is 9.75. The minimum atomic E-state index is -0.106. The van der Waals surface area contributed by atoms with E-state index >= 15 is 0 Å². The van der Waals surface area contributed by atoms with Gasteiger partial charge in [0.1, 0.15) is 0 Å². The summed E-state index contributed by atoms with van der Waals surface area (Å²) in [5.74, 6) is 0.727. The van der Waals surface area contributed by atoms with E-state index < -0.39 is 0 Å². The van der Waals surface area contributed by atoms with Crippen LogP contribution < -0.4 is 4.90 Å². The van der Waals surface area contributed by atoms with E-state index in [1.807, 2.05) is 18.2 Å². The molecule has 214 valence electrons. The van der Waals surface area contributed by atoms with E-state index in [1.165, 1.54) is 27.8 Å². The van der Waals surface area contributed by atoms with E-state index in [9.17, 15) is 0 Å². The van der Waals surface area contributed by atoms with Crippen molar-refractivity contribution in [1.82, 2.24) is 14.5 Å². The minimum absolute atomic E-state index is 0.106. The molecule has 0 amide bonds. The fraction of sp³-hybridized carbons (Fsp3) is 0.0732. The maximum atomic E-state index is 5.09. The van der Waals surface area contributed by atoms with Crippen molar-refractivity contribution in [3.05, 3.63) is 163 Å². The van der Waals surface area contributed by atoms with Crippen LogP contribution in [0.25, 0.3) is 56.2 Å². The molecular formula is C41H30N4. The molecule has 0 radical (unpaired) electrons. The van der Waals surface area contributed by atoms with E-state index in [2.05, 4.69) is 156 Å². The van der Waals surface area contributed by atoms with Crippen LogP contribution in [0.5, 0.6) is 0 Å². The molecule has 4 nitrogen and oxygen atoms in total. The highest BCUT2D eigenvalue weighted by Crippen LogP contribution is 2.54. The van der Waals surface area contributed by atoms with Gasteiger partial charge in [-0.3, -0.25) is 0 Å². The average Bonchev–Trinajstić information content (AvgIpc) is 3.63. The van der Waals surface area contributed by atoms with E-state index in [-0.39, 0.29) is 11.5 Å². The van der Waals surface area contributed by atoms with E-state index in [0.29, 0.717) is 0 Å². The summed E-state index contributed by atoms with van der Waals surface area (Å²) in [6.07, 6.45) is 9.29. The van der Waals surface area contributed by atoms with Crippen LogP contribution in [0.3, 0.4) is 0 Å². The van der Waals surface area contributed by atoms with Crippen LogP contribution >= 0.6 is 0 Å². The van der Waals surface area contributed by atoms with Gasteiger partial charge in [0.15, 0.2) is 5.82 Å². The molecule has 1 aliphatic heterocycles. The Hall–Kier alpha value is -5.74. The lowest BCUT2D eigenvalue weighted by Gasteiger charge is -2.38. The summed E-state index contributed by atoms with van der Waals surface area (Å²) in [7, 11) is 0. The van der Waals surface area contributed by atoms with Crippen molar-refractivity contribution >= 4 is 33.6 Å². The highest BCUT2D eigenvalue weighted by Gasteiger charge is 2.44. The number of anilines is 1. The van der Waals surface area contributed by atoms with Crippen molar-refractivity contribution in [1.29, 1.82) is 0 Å². The van der Waals surface area contributed by atoms with Crippen LogP contribution in [0.1, 0.15) is 24.2 Å². The number of rotatable bonds is 4. The van der Waals surface area contributed by atoms with E-state index in [1.54, 1.807) is 0 Å². The summed E-state index contributed by atoms with van der Waals surface area (Å²) in [6.45, 7) is 2.34. The summed E-state index contributed by atoms with van der Waals surface area (Å²) in [5, 5.41) is 2.34. The third-order valence-corrected chi connectivity index (χ3v) is 9.38. The molecule has 2 aromatic heterocycles. The first-order valence-corrected chi connectivity index (χ1v) is 15.5. The van der Waals surface area contributed by atoms with E-state index in [4.69, 9.17) is 9.97 Å².